The second-order valence-electron chi connectivity index (χ2n) is 7.72. The number of benzene rings is 3. The van der Waals surface area contributed by atoms with E-state index in [1.807, 2.05) is 0 Å². The van der Waals surface area contributed by atoms with E-state index in [2.05, 4.69) is 0 Å². The molecular formula is C25H21ClF3NO2. The summed E-state index contributed by atoms with van der Waals surface area (Å²) in [7, 11) is 0. The predicted molar refractivity (Wildman–Crippen MR) is 115 cm³/mol. The fraction of sp³-hybridized carbons (Fsp3) is 0.240. The second-order valence-corrected chi connectivity index (χ2v) is 8.16. The fourth-order valence-electron chi connectivity index (χ4n) is 3.97. The van der Waals surface area contributed by atoms with E-state index in [1.54, 1.807) is 41.3 Å². The van der Waals surface area contributed by atoms with Gasteiger partial charge in [-0.1, -0.05) is 41.9 Å². The van der Waals surface area contributed by atoms with E-state index < -0.39 is 29.6 Å². The zero-order valence-corrected chi connectivity index (χ0v) is 17.9. The molecule has 3 nitrogen and oxygen atoms in total. The van der Waals surface area contributed by atoms with Gasteiger partial charge < -0.3 is 9.64 Å². The monoisotopic (exact) mass is 459 g/mol. The summed E-state index contributed by atoms with van der Waals surface area (Å²) in [5.41, 5.74) is 1.85. The van der Waals surface area contributed by atoms with Gasteiger partial charge in [0.15, 0.2) is 11.6 Å². The van der Waals surface area contributed by atoms with Crippen molar-refractivity contribution >= 4 is 17.5 Å². The molecule has 4 rings (SSSR count). The molecule has 1 aliphatic rings. The third-order valence-corrected chi connectivity index (χ3v) is 5.81. The lowest BCUT2D eigenvalue weighted by Crippen LogP contribution is -2.35. The van der Waals surface area contributed by atoms with Crippen molar-refractivity contribution < 1.29 is 22.7 Å². The van der Waals surface area contributed by atoms with Crippen molar-refractivity contribution in [1.82, 2.24) is 4.90 Å². The number of halogens is 4. The third-order valence-electron chi connectivity index (χ3n) is 5.56. The minimum atomic E-state index is -1.01. The minimum absolute atomic E-state index is 0.0676. The lowest BCUT2D eigenvalue weighted by atomic mass is 9.94. The van der Waals surface area contributed by atoms with Gasteiger partial charge in [-0.15, -0.1) is 0 Å². The van der Waals surface area contributed by atoms with Gasteiger partial charge in [0.25, 0.3) is 0 Å². The van der Waals surface area contributed by atoms with E-state index in [1.165, 1.54) is 18.2 Å². The molecular weight excluding hydrogens is 439 g/mol. The molecule has 0 bridgehead atoms. The number of carbonyl (C=O) groups excluding carboxylic acids is 1. The Morgan fingerprint density at radius 3 is 2.22 bits per heavy atom. The van der Waals surface area contributed by atoms with Crippen molar-refractivity contribution in [2.45, 2.75) is 31.6 Å². The van der Waals surface area contributed by atoms with Crippen LogP contribution in [0.4, 0.5) is 13.2 Å². The van der Waals surface area contributed by atoms with Crippen molar-refractivity contribution in [1.29, 1.82) is 0 Å². The number of carbonyl (C=O) groups is 1. The third kappa shape index (κ3) is 4.97. The Bertz CT molecular complexity index is 1090. The van der Waals surface area contributed by atoms with Gasteiger partial charge in [-0.3, -0.25) is 4.79 Å². The molecule has 0 N–H and O–H groups in total. The van der Waals surface area contributed by atoms with Crippen LogP contribution in [-0.4, -0.2) is 17.4 Å². The summed E-state index contributed by atoms with van der Waals surface area (Å²) in [6.07, 6.45) is 0.255. The predicted octanol–water partition coefficient (Wildman–Crippen LogP) is 6.38. The highest BCUT2D eigenvalue weighted by atomic mass is 35.5. The van der Waals surface area contributed by atoms with E-state index in [0.717, 1.165) is 17.7 Å². The maximum Gasteiger partial charge on any atom is 0.223 e. The number of amides is 1. The van der Waals surface area contributed by atoms with Crippen molar-refractivity contribution in [3.8, 4) is 0 Å². The molecule has 0 spiro atoms. The maximum absolute atomic E-state index is 14.1. The summed E-state index contributed by atoms with van der Waals surface area (Å²) < 4.78 is 47.6. The van der Waals surface area contributed by atoms with Crippen molar-refractivity contribution in [3.05, 3.63) is 106 Å². The average molecular weight is 460 g/mol. The molecule has 1 amide bonds. The lowest BCUT2D eigenvalue weighted by molar-refractivity contribution is -0.134. The zero-order valence-electron chi connectivity index (χ0n) is 17.1. The van der Waals surface area contributed by atoms with Gasteiger partial charge in [-0.2, -0.15) is 0 Å². The Balaban J connectivity index is 1.75. The molecule has 32 heavy (non-hydrogen) atoms. The highest BCUT2D eigenvalue weighted by molar-refractivity contribution is 6.30. The summed E-state index contributed by atoms with van der Waals surface area (Å²) in [4.78, 5) is 14.3. The average Bonchev–Trinajstić information content (AvgIpc) is 3.20. The highest BCUT2D eigenvalue weighted by Gasteiger charge is 2.36. The number of hydrogen-bond acceptors (Lipinski definition) is 2. The van der Waals surface area contributed by atoms with Crippen LogP contribution in [0.5, 0.6) is 0 Å². The number of nitrogens with zero attached hydrogens (tertiary/aromatic N) is 1. The largest absolute Gasteiger partial charge is 0.366 e. The van der Waals surface area contributed by atoms with E-state index in [-0.39, 0.29) is 12.5 Å². The van der Waals surface area contributed by atoms with Crippen LogP contribution in [0.15, 0.2) is 66.7 Å². The van der Waals surface area contributed by atoms with Gasteiger partial charge in [0.1, 0.15) is 11.9 Å². The minimum Gasteiger partial charge on any atom is -0.366 e. The molecule has 3 aromatic carbocycles. The fourth-order valence-corrected chi connectivity index (χ4v) is 4.09. The van der Waals surface area contributed by atoms with E-state index in [9.17, 15) is 18.0 Å². The first-order chi connectivity index (χ1) is 15.4. The van der Waals surface area contributed by atoms with E-state index >= 15 is 0 Å². The van der Waals surface area contributed by atoms with Crippen LogP contribution in [0.1, 0.15) is 41.7 Å². The van der Waals surface area contributed by atoms with Gasteiger partial charge in [-0.25, -0.2) is 13.2 Å². The Kier molecular flexibility index (Phi) is 6.82. The molecule has 1 heterocycles. The van der Waals surface area contributed by atoms with E-state index in [4.69, 9.17) is 16.3 Å². The first kappa shape index (κ1) is 22.4. The van der Waals surface area contributed by atoms with Crippen LogP contribution in [0.3, 0.4) is 0 Å². The number of rotatable bonds is 7. The first-order valence-corrected chi connectivity index (χ1v) is 10.7. The van der Waals surface area contributed by atoms with Crippen LogP contribution >= 0.6 is 11.6 Å². The Morgan fingerprint density at radius 2 is 1.59 bits per heavy atom. The summed E-state index contributed by atoms with van der Waals surface area (Å²) in [6, 6.07) is 15.8. The SMILES string of the molecule is O=C1CCCN1C(c1ccc(F)cc1)[C@@H](OCc1ccc(Cl)cc1)c1ccc(F)c(F)c1. The standard InChI is InChI=1S/C25H21ClF3NO2/c26-19-8-3-16(4-9-19)15-32-25(18-7-12-21(28)22(29)14-18)24(30-13-1-2-23(30)31)17-5-10-20(27)11-6-17/h3-12,14,24-25H,1-2,13,15H2/t24?,25-/m0/s1. The molecule has 1 aliphatic heterocycles. The van der Waals surface area contributed by atoms with Crippen molar-refractivity contribution in [2.24, 2.45) is 0 Å². The number of ether oxygens (including phenoxy) is 1. The van der Waals surface area contributed by atoms with Crippen LogP contribution in [-0.2, 0) is 16.1 Å². The summed E-state index contributed by atoms with van der Waals surface area (Å²) in [5, 5.41) is 0.581. The summed E-state index contributed by atoms with van der Waals surface area (Å²) in [6.45, 7) is 0.645. The van der Waals surface area contributed by atoms with Gasteiger partial charge in [-0.05, 0) is 59.5 Å². The molecule has 7 heteroatoms. The molecule has 3 aromatic rings. The van der Waals surface area contributed by atoms with Crippen molar-refractivity contribution in [2.75, 3.05) is 6.54 Å². The van der Waals surface area contributed by atoms with Crippen LogP contribution in [0.2, 0.25) is 5.02 Å². The van der Waals surface area contributed by atoms with Crippen LogP contribution in [0, 0.1) is 17.5 Å². The Labute approximate surface area is 189 Å². The Morgan fingerprint density at radius 1 is 0.906 bits per heavy atom. The number of hydrogen-bond donors (Lipinski definition) is 0. The van der Waals surface area contributed by atoms with Gasteiger partial charge in [0, 0.05) is 18.0 Å². The second kappa shape index (κ2) is 9.76. The summed E-state index contributed by atoms with van der Waals surface area (Å²) >= 11 is 5.96. The first-order valence-electron chi connectivity index (χ1n) is 10.3. The topological polar surface area (TPSA) is 29.5 Å². The lowest BCUT2D eigenvalue weighted by Gasteiger charge is -2.35. The molecule has 0 radical (unpaired) electrons. The quantitative estimate of drug-likeness (QED) is 0.410. The van der Waals surface area contributed by atoms with Gasteiger partial charge in [0.2, 0.25) is 5.91 Å². The molecule has 1 unspecified atom stereocenters. The highest BCUT2D eigenvalue weighted by Crippen LogP contribution is 2.40. The zero-order chi connectivity index (χ0) is 22.7. The molecule has 0 aromatic heterocycles. The molecule has 1 fully saturated rings. The molecule has 1 saturated heterocycles. The molecule has 166 valence electrons. The molecule has 2 atom stereocenters. The Hall–Kier alpha value is -2.83. The normalized spacial score (nSPS) is 15.8. The smallest absolute Gasteiger partial charge is 0.223 e. The number of likely N-dealkylation sites (tertiary alicyclic amines) is 1. The van der Waals surface area contributed by atoms with Crippen LogP contribution < -0.4 is 0 Å². The molecule has 0 aliphatic carbocycles. The van der Waals surface area contributed by atoms with Gasteiger partial charge in [0.05, 0.1) is 12.6 Å². The van der Waals surface area contributed by atoms with E-state index in [0.29, 0.717) is 35.5 Å². The molecule has 0 saturated carbocycles. The summed E-state index contributed by atoms with van der Waals surface area (Å²) in [5.74, 6) is -2.46. The maximum atomic E-state index is 14.1. The van der Waals surface area contributed by atoms with Crippen LogP contribution in [0.25, 0.3) is 0 Å². The van der Waals surface area contributed by atoms with Gasteiger partial charge >= 0.3 is 0 Å². The van der Waals surface area contributed by atoms with Crippen molar-refractivity contribution in [3.63, 3.8) is 0 Å².